The molecule has 1 atom stereocenters. The van der Waals surface area contributed by atoms with Crippen molar-refractivity contribution < 1.29 is 5.11 Å². The lowest BCUT2D eigenvalue weighted by Gasteiger charge is -2.27. The quantitative estimate of drug-likeness (QED) is 0.669. The van der Waals surface area contributed by atoms with E-state index in [1.54, 1.807) is 0 Å². The van der Waals surface area contributed by atoms with E-state index in [0.717, 1.165) is 19.4 Å². The first-order chi connectivity index (χ1) is 8.99. The van der Waals surface area contributed by atoms with Crippen LogP contribution in [0.1, 0.15) is 25.3 Å². The lowest BCUT2D eigenvalue weighted by molar-refractivity contribution is 0.0339. The maximum atomic E-state index is 10.1. The fraction of sp³-hybridized carbons (Fsp3) is 0.625. The number of nitrogens with zero attached hydrogens (tertiary/aromatic N) is 1. The van der Waals surface area contributed by atoms with E-state index in [1.807, 2.05) is 25.9 Å². The Morgan fingerprint density at radius 1 is 1.16 bits per heavy atom. The third-order valence-corrected chi connectivity index (χ3v) is 3.07. The van der Waals surface area contributed by atoms with Crippen molar-refractivity contribution >= 4 is 0 Å². The number of rotatable bonds is 9. The number of hydrogen-bond donors (Lipinski definition) is 2. The molecular weight excluding hydrogens is 236 g/mol. The second-order valence-electron chi connectivity index (χ2n) is 5.85. The van der Waals surface area contributed by atoms with Gasteiger partial charge in [-0.25, -0.2) is 0 Å². The molecule has 0 saturated heterocycles. The van der Waals surface area contributed by atoms with Crippen LogP contribution in [0.4, 0.5) is 0 Å². The summed E-state index contributed by atoms with van der Waals surface area (Å²) in [5, 5.41) is 13.5. The highest BCUT2D eigenvalue weighted by atomic mass is 16.3. The van der Waals surface area contributed by atoms with E-state index in [4.69, 9.17) is 0 Å². The van der Waals surface area contributed by atoms with Gasteiger partial charge in [-0.2, -0.15) is 0 Å². The van der Waals surface area contributed by atoms with Crippen molar-refractivity contribution in [3.63, 3.8) is 0 Å². The van der Waals surface area contributed by atoms with Crippen molar-refractivity contribution in [1.82, 2.24) is 10.2 Å². The first-order valence-corrected chi connectivity index (χ1v) is 7.11. The molecule has 0 heterocycles. The first kappa shape index (κ1) is 16.2. The molecule has 0 radical (unpaired) electrons. The molecule has 19 heavy (non-hydrogen) atoms. The molecule has 2 N–H and O–H groups in total. The molecule has 0 amide bonds. The number of unbranched alkanes of at least 4 members (excludes halogenated alkanes) is 1. The van der Waals surface area contributed by atoms with Gasteiger partial charge in [-0.05, 0) is 52.4 Å². The van der Waals surface area contributed by atoms with Gasteiger partial charge in [0.25, 0.3) is 0 Å². The van der Waals surface area contributed by atoms with Gasteiger partial charge >= 0.3 is 0 Å². The number of likely N-dealkylation sites (N-methyl/N-ethyl adjacent to an activating group) is 1. The zero-order valence-corrected chi connectivity index (χ0v) is 12.5. The van der Waals surface area contributed by atoms with Crippen LogP contribution in [0.15, 0.2) is 30.3 Å². The molecule has 0 aliphatic heterocycles. The van der Waals surface area contributed by atoms with E-state index >= 15 is 0 Å². The minimum atomic E-state index is -0.650. The van der Waals surface area contributed by atoms with Crippen LogP contribution < -0.4 is 5.32 Å². The molecule has 0 aromatic heterocycles. The summed E-state index contributed by atoms with van der Waals surface area (Å²) in [7, 11) is 3.96. The normalized spacial score (nSPS) is 14.6. The minimum Gasteiger partial charge on any atom is -0.388 e. The van der Waals surface area contributed by atoms with E-state index < -0.39 is 5.60 Å². The molecule has 108 valence electrons. The van der Waals surface area contributed by atoms with Crippen LogP contribution in [0, 0.1) is 0 Å². The smallest absolute Gasteiger partial charge is 0.0869 e. The summed E-state index contributed by atoms with van der Waals surface area (Å²) < 4.78 is 0. The summed E-state index contributed by atoms with van der Waals surface area (Å²) in [5.41, 5.74) is 0.755. The molecule has 0 aliphatic carbocycles. The standard InChI is InChI=1S/C16H28N2O/c1-16(19,14-18(2)3)13-17-12-8-7-11-15-9-5-4-6-10-15/h4-6,9-10,17,19H,7-8,11-14H2,1-3H3. The molecule has 0 fully saturated rings. The van der Waals surface area contributed by atoms with Gasteiger partial charge in [-0.3, -0.25) is 0 Å². The number of aryl methyl sites for hydroxylation is 1. The van der Waals surface area contributed by atoms with Crippen LogP contribution in [0.5, 0.6) is 0 Å². The van der Waals surface area contributed by atoms with Crippen LogP contribution in [0.3, 0.4) is 0 Å². The summed E-state index contributed by atoms with van der Waals surface area (Å²) in [4.78, 5) is 2.01. The Morgan fingerprint density at radius 2 is 1.84 bits per heavy atom. The lowest BCUT2D eigenvalue weighted by atomic mass is 10.1. The van der Waals surface area contributed by atoms with E-state index in [0.29, 0.717) is 13.1 Å². The van der Waals surface area contributed by atoms with Crippen molar-refractivity contribution in [2.75, 3.05) is 33.7 Å². The van der Waals surface area contributed by atoms with E-state index in [1.165, 1.54) is 12.0 Å². The average molecular weight is 264 g/mol. The fourth-order valence-electron chi connectivity index (χ4n) is 2.32. The molecule has 1 aromatic carbocycles. The summed E-state index contributed by atoms with van der Waals surface area (Å²) >= 11 is 0. The monoisotopic (exact) mass is 264 g/mol. The molecule has 0 spiro atoms. The van der Waals surface area contributed by atoms with Gasteiger partial charge in [0.2, 0.25) is 0 Å². The molecule has 1 rings (SSSR count). The van der Waals surface area contributed by atoms with Crippen LogP contribution in [-0.2, 0) is 6.42 Å². The number of aliphatic hydroxyl groups is 1. The lowest BCUT2D eigenvalue weighted by Crippen LogP contribution is -2.45. The Balaban J connectivity index is 2.05. The predicted octanol–water partition coefficient (Wildman–Crippen LogP) is 1.91. The molecule has 1 aromatic rings. The second kappa shape index (κ2) is 8.31. The van der Waals surface area contributed by atoms with Crippen LogP contribution in [-0.4, -0.2) is 49.3 Å². The van der Waals surface area contributed by atoms with Gasteiger partial charge in [0.05, 0.1) is 5.60 Å². The van der Waals surface area contributed by atoms with Crippen molar-refractivity contribution in [1.29, 1.82) is 0 Å². The Kier molecular flexibility index (Phi) is 7.06. The Bertz CT molecular complexity index is 336. The van der Waals surface area contributed by atoms with Gasteiger partial charge in [-0.15, -0.1) is 0 Å². The van der Waals surface area contributed by atoms with Gasteiger partial charge in [0.1, 0.15) is 0 Å². The second-order valence-corrected chi connectivity index (χ2v) is 5.85. The molecule has 3 heteroatoms. The Labute approximate surface area is 117 Å². The largest absolute Gasteiger partial charge is 0.388 e. The van der Waals surface area contributed by atoms with Gasteiger partial charge in [-0.1, -0.05) is 30.3 Å². The van der Waals surface area contributed by atoms with Crippen LogP contribution in [0.2, 0.25) is 0 Å². The summed E-state index contributed by atoms with van der Waals surface area (Å²) in [5.74, 6) is 0. The van der Waals surface area contributed by atoms with Gasteiger partial charge < -0.3 is 15.3 Å². The highest BCUT2D eigenvalue weighted by Gasteiger charge is 2.20. The number of hydrogen-bond acceptors (Lipinski definition) is 3. The van der Waals surface area contributed by atoms with Crippen LogP contribution >= 0.6 is 0 Å². The summed E-state index contributed by atoms with van der Waals surface area (Å²) in [6, 6.07) is 10.6. The van der Waals surface area contributed by atoms with Crippen molar-refractivity contribution in [2.24, 2.45) is 0 Å². The van der Waals surface area contributed by atoms with E-state index in [2.05, 4.69) is 35.6 Å². The maximum absolute atomic E-state index is 10.1. The van der Waals surface area contributed by atoms with E-state index in [9.17, 15) is 5.11 Å². The SMILES string of the molecule is CN(C)CC(C)(O)CNCCCCc1ccccc1. The molecule has 3 nitrogen and oxygen atoms in total. The van der Waals surface area contributed by atoms with Gasteiger partial charge in [0.15, 0.2) is 0 Å². The first-order valence-electron chi connectivity index (χ1n) is 7.11. The van der Waals surface area contributed by atoms with Crippen molar-refractivity contribution in [3.05, 3.63) is 35.9 Å². The van der Waals surface area contributed by atoms with Gasteiger partial charge in [0, 0.05) is 13.1 Å². The molecule has 0 aliphatic rings. The number of benzene rings is 1. The third kappa shape index (κ3) is 7.98. The maximum Gasteiger partial charge on any atom is 0.0869 e. The van der Waals surface area contributed by atoms with E-state index in [-0.39, 0.29) is 0 Å². The van der Waals surface area contributed by atoms with Crippen molar-refractivity contribution in [3.8, 4) is 0 Å². The third-order valence-electron chi connectivity index (χ3n) is 3.07. The van der Waals surface area contributed by atoms with Crippen molar-refractivity contribution in [2.45, 2.75) is 31.8 Å². The highest BCUT2D eigenvalue weighted by molar-refractivity contribution is 5.14. The Morgan fingerprint density at radius 3 is 2.47 bits per heavy atom. The molecule has 0 saturated carbocycles. The van der Waals surface area contributed by atoms with Crippen LogP contribution in [0.25, 0.3) is 0 Å². The zero-order valence-electron chi connectivity index (χ0n) is 12.5. The molecule has 0 bridgehead atoms. The fourth-order valence-corrected chi connectivity index (χ4v) is 2.32. The minimum absolute atomic E-state index is 0.649. The number of nitrogens with one attached hydrogen (secondary N) is 1. The predicted molar refractivity (Wildman–Crippen MR) is 81.4 cm³/mol. The summed E-state index contributed by atoms with van der Waals surface area (Å²) in [6.07, 6.45) is 3.47. The Hall–Kier alpha value is -0.900. The zero-order chi connectivity index (χ0) is 14.1. The molecule has 1 unspecified atom stereocenters. The topological polar surface area (TPSA) is 35.5 Å². The highest BCUT2D eigenvalue weighted by Crippen LogP contribution is 2.05. The average Bonchev–Trinajstić information content (AvgIpc) is 2.33. The summed E-state index contributed by atoms with van der Waals surface area (Å²) in [6.45, 7) is 4.18. The molecular formula is C16H28N2O.